The van der Waals surface area contributed by atoms with Gasteiger partial charge in [-0.1, -0.05) is 74.5 Å². The quantitative estimate of drug-likeness (QED) is 0.0648. The van der Waals surface area contributed by atoms with Gasteiger partial charge in [-0.25, -0.2) is 19.2 Å². The van der Waals surface area contributed by atoms with Gasteiger partial charge in [-0.05, 0) is 79.5 Å². The molecule has 0 heterocycles. The summed E-state index contributed by atoms with van der Waals surface area (Å²) in [4.78, 5) is 78.7. The summed E-state index contributed by atoms with van der Waals surface area (Å²) >= 11 is 0. The van der Waals surface area contributed by atoms with Crippen molar-refractivity contribution < 1.29 is 43.0 Å². The Hall–Kier alpha value is -6.36. The molecule has 7 amide bonds. The third kappa shape index (κ3) is 15.0. The molecule has 62 heavy (non-hydrogen) atoms. The molecule has 336 valence electrons. The number of anilines is 1. The third-order valence-electron chi connectivity index (χ3n) is 10.0. The molecule has 17 heteroatoms. The number of carbonyl (C=O) groups excluding carboxylic acids is 6. The smallest absolute Gasteiger partial charge is 0.410 e. The lowest BCUT2D eigenvalue weighted by atomic mass is 9.98. The number of likely N-dealkylation sites (N-methyl/N-ethyl adjacent to an activating group) is 2. The van der Waals surface area contributed by atoms with Crippen LogP contribution in [-0.2, 0) is 30.4 Å². The van der Waals surface area contributed by atoms with Crippen LogP contribution in [0.1, 0.15) is 70.1 Å². The maximum absolute atomic E-state index is 13.6. The summed E-state index contributed by atoms with van der Waals surface area (Å²) < 4.78 is 16.4. The number of nitrogens with zero attached hydrogens (tertiary/aromatic N) is 2. The van der Waals surface area contributed by atoms with Crippen LogP contribution in [0.3, 0.4) is 0 Å². The van der Waals surface area contributed by atoms with Crippen molar-refractivity contribution in [3.05, 3.63) is 89.5 Å². The number of alkyl carbamates (subject to hydrolysis) is 1. The van der Waals surface area contributed by atoms with Crippen molar-refractivity contribution in [3.63, 3.8) is 0 Å². The number of nitrogens with two attached hydrogens (primary N) is 1. The van der Waals surface area contributed by atoms with Gasteiger partial charge in [-0.3, -0.25) is 9.59 Å². The number of ether oxygens (including phenoxy) is 3. The molecule has 0 saturated carbocycles. The zero-order chi connectivity index (χ0) is 45.4. The number of primary amides is 1. The fraction of sp³-hybridized carbons (Fsp3) is 0.467. The van der Waals surface area contributed by atoms with Gasteiger partial charge in [0.2, 0.25) is 11.8 Å². The van der Waals surface area contributed by atoms with Gasteiger partial charge in [0.25, 0.3) is 0 Å². The van der Waals surface area contributed by atoms with Crippen LogP contribution >= 0.6 is 0 Å². The van der Waals surface area contributed by atoms with Crippen LogP contribution in [0.4, 0.5) is 24.9 Å². The summed E-state index contributed by atoms with van der Waals surface area (Å²) in [5, 5.41) is 14.1. The SMILES string of the molecule is CC(C)[C@H](NCCNC(=O)OCC1c2ccccc2-c2ccccc21)C(=O)N[C@@H](CCCNC(N)=O)C(=O)Nc1ccc(COC(=O)N(C)CCN(C)C(=O)OC(C)(C)C)cc1. The highest BCUT2D eigenvalue weighted by molar-refractivity contribution is 5.98. The number of hydrogen-bond donors (Lipinski definition) is 6. The summed E-state index contributed by atoms with van der Waals surface area (Å²) in [6.45, 7) is 10.3. The first-order valence-corrected chi connectivity index (χ1v) is 20.8. The monoisotopic (exact) mass is 858 g/mol. The lowest BCUT2D eigenvalue weighted by molar-refractivity contribution is -0.128. The molecule has 0 aliphatic heterocycles. The van der Waals surface area contributed by atoms with E-state index in [1.807, 2.05) is 38.1 Å². The van der Waals surface area contributed by atoms with Gasteiger partial charge in [-0.2, -0.15) is 0 Å². The van der Waals surface area contributed by atoms with Crippen LogP contribution in [0.2, 0.25) is 0 Å². The predicted octanol–water partition coefficient (Wildman–Crippen LogP) is 5.15. The van der Waals surface area contributed by atoms with Crippen molar-refractivity contribution in [2.75, 3.05) is 58.7 Å². The van der Waals surface area contributed by atoms with Crippen molar-refractivity contribution in [1.82, 2.24) is 31.1 Å². The van der Waals surface area contributed by atoms with Crippen LogP contribution in [0, 0.1) is 5.92 Å². The first kappa shape index (κ1) is 48.3. The van der Waals surface area contributed by atoms with E-state index >= 15 is 0 Å². The van der Waals surface area contributed by atoms with E-state index < -0.39 is 53.8 Å². The Kier molecular flexibility index (Phi) is 17.9. The lowest BCUT2D eigenvalue weighted by Crippen LogP contribution is -2.54. The summed E-state index contributed by atoms with van der Waals surface area (Å²) in [6.07, 6.45) is -1.10. The van der Waals surface area contributed by atoms with E-state index in [2.05, 4.69) is 50.8 Å². The van der Waals surface area contributed by atoms with Crippen LogP contribution in [-0.4, -0.2) is 117 Å². The maximum Gasteiger partial charge on any atom is 0.410 e. The van der Waals surface area contributed by atoms with Gasteiger partial charge in [0, 0.05) is 58.4 Å². The molecule has 0 unspecified atom stereocenters. The van der Waals surface area contributed by atoms with Gasteiger partial charge < -0.3 is 56.3 Å². The summed E-state index contributed by atoms with van der Waals surface area (Å²) in [6, 6.07) is 20.5. The fourth-order valence-electron chi connectivity index (χ4n) is 6.71. The zero-order valence-electron chi connectivity index (χ0n) is 36.7. The molecule has 0 radical (unpaired) electrons. The Labute approximate surface area is 363 Å². The molecule has 0 spiro atoms. The first-order valence-electron chi connectivity index (χ1n) is 20.8. The fourth-order valence-corrected chi connectivity index (χ4v) is 6.71. The number of urea groups is 1. The summed E-state index contributed by atoms with van der Waals surface area (Å²) in [5.74, 6) is -1.14. The topological polar surface area (TPSA) is 223 Å². The second-order valence-corrected chi connectivity index (χ2v) is 16.5. The molecular formula is C45H62N8O9. The third-order valence-corrected chi connectivity index (χ3v) is 10.0. The Bertz CT molecular complexity index is 1960. The molecule has 1 aliphatic rings. The normalized spacial score (nSPS) is 12.8. The number of benzene rings is 3. The van der Waals surface area contributed by atoms with E-state index in [4.69, 9.17) is 19.9 Å². The van der Waals surface area contributed by atoms with Crippen molar-refractivity contribution in [2.24, 2.45) is 11.7 Å². The second kappa shape index (κ2) is 23.0. The van der Waals surface area contributed by atoms with Crippen molar-refractivity contribution >= 4 is 41.8 Å². The van der Waals surface area contributed by atoms with Crippen molar-refractivity contribution in [1.29, 1.82) is 0 Å². The average Bonchev–Trinajstić information content (AvgIpc) is 3.54. The molecule has 4 rings (SSSR count). The van der Waals surface area contributed by atoms with Gasteiger partial charge in [0.15, 0.2) is 0 Å². The Morgan fingerprint density at radius 2 is 1.34 bits per heavy atom. The second-order valence-electron chi connectivity index (χ2n) is 16.5. The molecule has 0 bridgehead atoms. The van der Waals surface area contributed by atoms with E-state index in [1.165, 1.54) is 9.80 Å². The van der Waals surface area contributed by atoms with Crippen LogP contribution in [0.25, 0.3) is 11.1 Å². The van der Waals surface area contributed by atoms with E-state index in [0.717, 1.165) is 22.3 Å². The number of nitrogens with one attached hydrogen (secondary N) is 5. The Balaban J connectivity index is 1.25. The predicted molar refractivity (Wildman–Crippen MR) is 235 cm³/mol. The van der Waals surface area contributed by atoms with Crippen LogP contribution < -0.4 is 32.3 Å². The van der Waals surface area contributed by atoms with Crippen LogP contribution in [0.5, 0.6) is 0 Å². The maximum atomic E-state index is 13.6. The highest BCUT2D eigenvalue weighted by Crippen LogP contribution is 2.44. The number of hydrogen-bond acceptors (Lipinski definition) is 10. The van der Waals surface area contributed by atoms with Gasteiger partial charge >= 0.3 is 24.3 Å². The Morgan fingerprint density at radius 3 is 1.92 bits per heavy atom. The number of rotatable bonds is 20. The van der Waals surface area contributed by atoms with Crippen molar-refractivity contribution in [3.8, 4) is 11.1 Å². The van der Waals surface area contributed by atoms with Gasteiger partial charge in [0.1, 0.15) is 24.9 Å². The summed E-state index contributed by atoms with van der Waals surface area (Å²) in [7, 11) is 3.15. The van der Waals surface area contributed by atoms with Gasteiger partial charge in [-0.15, -0.1) is 0 Å². The minimum Gasteiger partial charge on any atom is -0.449 e. The molecule has 0 fully saturated rings. The molecule has 3 aromatic carbocycles. The van der Waals surface area contributed by atoms with E-state index in [1.54, 1.807) is 59.1 Å². The molecular weight excluding hydrogens is 797 g/mol. The van der Waals surface area contributed by atoms with Crippen molar-refractivity contribution in [2.45, 2.75) is 77.7 Å². The van der Waals surface area contributed by atoms with Crippen LogP contribution in [0.15, 0.2) is 72.8 Å². The molecule has 17 nitrogen and oxygen atoms in total. The molecule has 3 aromatic rings. The van der Waals surface area contributed by atoms with E-state index in [0.29, 0.717) is 17.7 Å². The molecule has 2 atom stereocenters. The highest BCUT2D eigenvalue weighted by Gasteiger charge is 2.30. The molecule has 1 aliphatic carbocycles. The highest BCUT2D eigenvalue weighted by atomic mass is 16.6. The molecule has 0 saturated heterocycles. The summed E-state index contributed by atoms with van der Waals surface area (Å²) in [5.41, 5.74) is 10.2. The Morgan fingerprint density at radius 1 is 0.742 bits per heavy atom. The number of amides is 7. The molecule has 7 N–H and O–H groups in total. The average molecular weight is 859 g/mol. The number of carbonyl (C=O) groups is 6. The lowest BCUT2D eigenvalue weighted by Gasteiger charge is -2.26. The minimum absolute atomic E-state index is 0.0321. The molecule has 0 aromatic heterocycles. The first-order chi connectivity index (χ1) is 29.4. The zero-order valence-corrected chi connectivity index (χ0v) is 36.7. The van der Waals surface area contributed by atoms with E-state index in [-0.39, 0.29) is 64.2 Å². The standard InChI is InChI=1S/C45H62N8O9/c1-29(2)38(47-23-24-49-42(57)60-28-36-34-15-10-8-13-32(34)33-14-9-11-16-35(33)36)40(55)51-37(17-12-22-48-41(46)56)39(54)50-31-20-18-30(19-21-31)27-61-43(58)52(6)25-26-53(7)44(59)62-45(3,4)5/h8-11,13-16,18-21,29,36-38,47H,12,17,22-28H2,1-7H3,(H,49,57)(H,50,54)(H,51,55)(H3,46,48,56)/t37-,38-/m0/s1. The minimum atomic E-state index is -0.968. The van der Waals surface area contributed by atoms with E-state index in [9.17, 15) is 28.8 Å². The largest absolute Gasteiger partial charge is 0.449 e. The number of fused-ring (bicyclic) bond motifs is 3. The van der Waals surface area contributed by atoms with Gasteiger partial charge in [0.05, 0.1) is 6.04 Å².